The number of para-hydroxylation sites is 1. The van der Waals surface area contributed by atoms with E-state index in [1.807, 2.05) is 19.9 Å². The van der Waals surface area contributed by atoms with Gasteiger partial charge in [0.05, 0.1) is 0 Å². The third-order valence-electron chi connectivity index (χ3n) is 4.93. The predicted octanol–water partition coefficient (Wildman–Crippen LogP) is 3.33. The van der Waals surface area contributed by atoms with Crippen LogP contribution in [0.25, 0.3) is 0 Å². The van der Waals surface area contributed by atoms with Crippen molar-refractivity contribution in [2.24, 2.45) is 0 Å². The first-order valence-electron chi connectivity index (χ1n) is 8.77. The van der Waals surface area contributed by atoms with Crippen LogP contribution in [0.3, 0.4) is 0 Å². The molecule has 4 heteroatoms. The van der Waals surface area contributed by atoms with Crippen LogP contribution in [0, 0.1) is 20.8 Å². The molecule has 0 atom stereocenters. The van der Waals surface area contributed by atoms with Crippen molar-refractivity contribution in [1.29, 1.82) is 0 Å². The minimum absolute atomic E-state index is 0.248. The summed E-state index contributed by atoms with van der Waals surface area (Å²) in [6.07, 6.45) is 0.600. The highest BCUT2D eigenvalue weighted by Crippen LogP contribution is 2.21. The van der Waals surface area contributed by atoms with Crippen molar-refractivity contribution < 1.29 is 4.79 Å². The molecule has 1 aliphatic heterocycles. The molecule has 128 valence electrons. The van der Waals surface area contributed by atoms with Gasteiger partial charge in [0.25, 0.3) is 0 Å². The number of rotatable bonds is 5. The Hall–Kier alpha value is -2.07. The van der Waals surface area contributed by atoms with Gasteiger partial charge in [0.15, 0.2) is 5.78 Å². The van der Waals surface area contributed by atoms with Crippen molar-refractivity contribution in [1.82, 2.24) is 9.88 Å². The van der Waals surface area contributed by atoms with Crippen molar-refractivity contribution in [3.63, 3.8) is 0 Å². The smallest absolute Gasteiger partial charge is 0.165 e. The molecule has 1 aromatic carbocycles. The predicted molar refractivity (Wildman–Crippen MR) is 99.0 cm³/mol. The molecule has 1 fully saturated rings. The molecule has 3 rings (SSSR count). The summed E-state index contributed by atoms with van der Waals surface area (Å²) in [5.41, 5.74) is 5.57. The summed E-state index contributed by atoms with van der Waals surface area (Å²) < 4.78 is 0. The molecule has 24 heavy (non-hydrogen) atoms. The number of aromatic nitrogens is 1. The van der Waals surface area contributed by atoms with E-state index in [9.17, 15) is 4.79 Å². The van der Waals surface area contributed by atoms with Crippen LogP contribution in [0.15, 0.2) is 30.3 Å². The van der Waals surface area contributed by atoms with E-state index in [1.165, 1.54) is 11.3 Å². The number of carbonyl (C=O) groups is 1. The van der Waals surface area contributed by atoms with Gasteiger partial charge in [-0.3, -0.25) is 9.69 Å². The average Bonchev–Trinajstić information content (AvgIpc) is 2.92. The van der Waals surface area contributed by atoms with Crippen molar-refractivity contribution in [2.75, 3.05) is 37.6 Å². The molecule has 1 saturated heterocycles. The van der Waals surface area contributed by atoms with Crippen LogP contribution in [0.5, 0.6) is 0 Å². The molecule has 0 radical (unpaired) electrons. The van der Waals surface area contributed by atoms with E-state index in [1.54, 1.807) is 0 Å². The Morgan fingerprint density at radius 3 is 2.42 bits per heavy atom. The first-order valence-corrected chi connectivity index (χ1v) is 8.77. The van der Waals surface area contributed by atoms with E-state index < -0.39 is 0 Å². The number of aryl methyl sites for hydroxylation is 3. The van der Waals surface area contributed by atoms with E-state index in [0.29, 0.717) is 6.42 Å². The van der Waals surface area contributed by atoms with Crippen molar-refractivity contribution in [3.8, 4) is 0 Å². The van der Waals surface area contributed by atoms with E-state index >= 15 is 0 Å². The lowest BCUT2D eigenvalue weighted by Gasteiger charge is -2.36. The lowest BCUT2D eigenvalue weighted by atomic mass is 10.1. The second kappa shape index (κ2) is 7.22. The van der Waals surface area contributed by atoms with Gasteiger partial charge in [-0.15, -0.1) is 0 Å². The average molecular weight is 325 g/mol. The number of H-pyrrole nitrogens is 1. The number of hydrogen-bond donors (Lipinski definition) is 1. The molecule has 2 aromatic rings. The van der Waals surface area contributed by atoms with Crippen LogP contribution in [0.2, 0.25) is 0 Å². The van der Waals surface area contributed by atoms with Gasteiger partial charge in [0.2, 0.25) is 0 Å². The molecule has 4 nitrogen and oxygen atoms in total. The quantitative estimate of drug-likeness (QED) is 0.857. The van der Waals surface area contributed by atoms with E-state index in [4.69, 9.17) is 0 Å². The molecule has 0 spiro atoms. The summed E-state index contributed by atoms with van der Waals surface area (Å²) in [5.74, 6) is 0.248. The van der Waals surface area contributed by atoms with Gasteiger partial charge in [-0.25, -0.2) is 0 Å². The molecule has 0 bridgehead atoms. The molecule has 1 aromatic heterocycles. The number of Topliss-reactive ketones (excluding diaryl/α,β-unsaturated/α-hetero) is 1. The van der Waals surface area contributed by atoms with Gasteiger partial charge in [-0.05, 0) is 38.5 Å². The minimum atomic E-state index is 0.248. The van der Waals surface area contributed by atoms with Gasteiger partial charge in [-0.2, -0.15) is 0 Å². The molecular weight excluding hydrogens is 298 g/mol. The Bertz CT molecular complexity index is 711. The number of nitrogens with zero attached hydrogens (tertiary/aromatic N) is 2. The summed E-state index contributed by atoms with van der Waals surface area (Å²) in [6, 6.07) is 10.5. The number of benzene rings is 1. The fraction of sp³-hybridized carbons (Fsp3) is 0.450. The third kappa shape index (κ3) is 3.70. The number of anilines is 1. The topological polar surface area (TPSA) is 39.3 Å². The Morgan fingerprint density at radius 2 is 1.79 bits per heavy atom. The Balaban J connectivity index is 1.50. The molecule has 1 aliphatic rings. The van der Waals surface area contributed by atoms with Gasteiger partial charge in [-0.1, -0.05) is 18.2 Å². The van der Waals surface area contributed by atoms with Crippen LogP contribution in [-0.4, -0.2) is 48.4 Å². The highest BCUT2D eigenvalue weighted by molar-refractivity contribution is 5.97. The first-order chi connectivity index (χ1) is 11.5. The normalized spacial score (nSPS) is 15.7. The van der Waals surface area contributed by atoms with Crippen LogP contribution in [0.4, 0.5) is 5.69 Å². The summed E-state index contributed by atoms with van der Waals surface area (Å²) in [5, 5.41) is 0. The first kappa shape index (κ1) is 16.8. The zero-order valence-electron chi connectivity index (χ0n) is 14.9. The number of ketones is 1. The summed E-state index contributed by atoms with van der Waals surface area (Å²) >= 11 is 0. The largest absolute Gasteiger partial charge is 0.369 e. The summed E-state index contributed by atoms with van der Waals surface area (Å²) in [6.45, 7) is 11.1. The van der Waals surface area contributed by atoms with E-state index in [0.717, 1.165) is 49.7 Å². The molecule has 1 N–H and O–H groups in total. The zero-order chi connectivity index (χ0) is 17.1. The van der Waals surface area contributed by atoms with E-state index in [-0.39, 0.29) is 5.78 Å². The van der Waals surface area contributed by atoms with Crippen LogP contribution < -0.4 is 4.90 Å². The molecule has 0 amide bonds. The fourth-order valence-corrected chi connectivity index (χ4v) is 3.54. The van der Waals surface area contributed by atoms with Crippen LogP contribution >= 0.6 is 0 Å². The lowest BCUT2D eigenvalue weighted by Crippen LogP contribution is -2.47. The number of nitrogens with one attached hydrogen (secondary N) is 1. The Labute approximate surface area is 144 Å². The van der Waals surface area contributed by atoms with Crippen molar-refractivity contribution in [2.45, 2.75) is 27.2 Å². The van der Waals surface area contributed by atoms with Gasteiger partial charge in [0.1, 0.15) is 0 Å². The number of carbonyl (C=O) groups excluding carboxylic acids is 1. The van der Waals surface area contributed by atoms with Crippen LogP contribution in [-0.2, 0) is 0 Å². The standard InChI is InChI=1S/C20H27N3O/c1-15-6-4-5-7-19(15)23-12-10-22(11-13-23)9-8-20(24)18-14-16(2)21-17(18)3/h4-7,14,21H,8-13H2,1-3H3. The molecular formula is C20H27N3O. The fourth-order valence-electron chi connectivity index (χ4n) is 3.54. The highest BCUT2D eigenvalue weighted by atomic mass is 16.1. The second-order valence-electron chi connectivity index (χ2n) is 6.78. The maximum absolute atomic E-state index is 12.4. The number of hydrogen-bond acceptors (Lipinski definition) is 3. The highest BCUT2D eigenvalue weighted by Gasteiger charge is 2.19. The molecule has 0 saturated carbocycles. The third-order valence-corrected chi connectivity index (χ3v) is 4.93. The lowest BCUT2D eigenvalue weighted by molar-refractivity contribution is 0.0962. The SMILES string of the molecule is Cc1cc(C(=O)CCN2CCN(c3ccccc3C)CC2)c(C)[nH]1. The Kier molecular flexibility index (Phi) is 5.05. The van der Waals surface area contributed by atoms with E-state index in [2.05, 4.69) is 46.0 Å². The van der Waals surface area contributed by atoms with Gasteiger partial charge < -0.3 is 9.88 Å². The minimum Gasteiger partial charge on any atom is -0.369 e. The van der Waals surface area contributed by atoms with Crippen molar-refractivity contribution >= 4 is 11.5 Å². The van der Waals surface area contributed by atoms with Gasteiger partial charge >= 0.3 is 0 Å². The number of aromatic amines is 1. The van der Waals surface area contributed by atoms with Crippen LogP contribution in [0.1, 0.15) is 33.7 Å². The molecule has 0 aliphatic carbocycles. The maximum Gasteiger partial charge on any atom is 0.165 e. The summed E-state index contributed by atoms with van der Waals surface area (Å²) in [4.78, 5) is 20.5. The Morgan fingerprint density at radius 1 is 1.08 bits per heavy atom. The zero-order valence-corrected chi connectivity index (χ0v) is 14.9. The van der Waals surface area contributed by atoms with Crippen molar-refractivity contribution in [3.05, 3.63) is 52.8 Å². The van der Waals surface area contributed by atoms with Gasteiger partial charge in [0, 0.05) is 61.8 Å². The monoisotopic (exact) mass is 325 g/mol. The summed E-state index contributed by atoms with van der Waals surface area (Å²) in [7, 11) is 0. The molecule has 0 unspecified atom stereocenters. The molecule has 2 heterocycles. The second-order valence-corrected chi connectivity index (χ2v) is 6.78. The maximum atomic E-state index is 12.4. The number of piperazine rings is 1.